The van der Waals surface area contributed by atoms with Gasteiger partial charge in [0, 0.05) is 29.7 Å². The second-order valence-corrected chi connectivity index (χ2v) is 5.65. The molecule has 2 unspecified atom stereocenters. The van der Waals surface area contributed by atoms with Crippen LogP contribution in [0.15, 0.2) is 5.38 Å². The summed E-state index contributed by atoms with van der Waals surface area (Å²) in [6.45, 7) is 6.60. The molecule has 0 amide bonds. The van der Waals surface area contributed by atoms with Crippen molar-refractivity contribution in [2.75, 3.05) is 13.6 Å². The van der Waals surface area contributed by atoms with E-state index in [9.17, 15) is 0 Å². The molecule has 1 aliphatic rings. The number of aryl methyl sites for hydroxylation is 1. The maximum absolute atomic E-state index is 4.54. The summed E-state index contributed by atoms with van der Waals surface area (Å²) in [4.78, 5) is 7.09. The zero-order chi connectivity index (χ0) is 11.5. The summed E-state index contributed by atoms with van der Waals surface area (Å²) in [5, 5.41) is 6.78. The second kappa shape index (κ2) is 5.25. The van der Waals surface area contributed by atoms with Crippen LogP contribution in [0.5, 0.6) is 0 Å². The van der Waals surface area contributed by atoms with Gasteiger partial charge in [-0.25, -0.2) is 4.98 Å². The molecular weight excluding hydrogens is 218 g/mol. The minimum absolute atomic E-state index is 0.662. The van der Waals surface area contributed by atoms with Gasteiger partial charge < -0.3 is 5.32 Å². The molecule has 90 valence electrons. The third-order valence-corrected chi connectivity index (χ3v) is 4.38. The van der Waals surface area contributed by atoms with Crippen LogP contribution < -0.4 is 5.32 Å². The van der Waals surface area contributed by atoms with Crippen molar-refractivity contribution in [3.05, 3.63) is 16.1 Å². The summed E-state index contributed by atoms with van der Waals surface area (Å²) in [6.07, 6.45) is 2.51. The van der Waals surface area contributed by atoms with Crippen LogP contribution in [0.1, 0.15) is 30.5 Å². The van der Waals surface area contributed by atoms with Crippen LogP contribution in [0, 0.1) is 6.92 Å². The Morgan fingerprint density at radius 2 is 2.44 bits per heavy atom. The summed E-state index contributed by atoms with van der Waals surface area (Å²) in [7, 11) is 2.07. The maximum Gasteiger partial charge on any atom is 0.107 e. The lowest BCUT2D eigenvalue weighted by molar-refractivity contribution is 0.131. The van der Waals surface area contributed by atoms with Crippen LogP contribution in [-0.4, -0.2) is 35.6 Å². The third kappa shape index (κ3) is 2.81. The zero-order valence-electron chi connectivity index (χ0n) is 10.4. The highest BCUT2D eigenvalue weighted by Gasteiger charge is 2.24. The number of hydrogen-bond donors (Lipinski definition) is 1. The summed E-state index contributed by atoms with van der Waals surface area (Å²) >= 11 is 1.78. The van der Waals surface area contributed by atoms with Crippen molar-refractivity contribution in [3.63, 3.8) is 0 Å². The lowest BCUT2D eigenvalue weighted by atomic mass is 9.98. The first-order valence-electron chi connectivity index (χ1n) is 6.01. The Morgan fingerprint density at radius 3 is 3.00 bits per heavy atom. The predicted octanol–water partition coefficient (Wildman–Crippen LogP) is 2.02. The molecular formula is C12H21N3S. The number of aromatic nitrogens is 1. The van der Waals surface area contributed by atoms with E-state index in [2.05, 4.69) is 41.5 Å². The van der Waals surface area contributed by atoms with E-state index in [1.54, 1.807) is 11.3 Å². The lowest BCUT2D eigenvalue weighted by Crippen LogP contribution is -2.46. The third-order valence-electron chi connectivity index (χ3n) is 3.43. The van der Waals surface area contributed by atoms with Crippen molar-refractivity contribution in [1.82, 2.24) is 15.2 Å². The van der Waals surface area contributed by atoms with Crippen molar-refractivity contribution in [1.29, 1.82) is 0 Å². The minimum Gasteiger partial charge on any atom is -0.317 e. The van der Waals surface area contributed by atoms with Crippen molar-refractivity contribution in [3.8, 4) is 0 Å². The Labute approximate surface area is 102 Å². The molecule has 1 aliphatic heterocycles. The Hall–Kier alpha value is -0.450. The Morgan fingerprint density at radius 1 is 1.62 bits per heavy atom. The first-order chi connectivity index (χ1) is 7.69. The number of likely N-dealkylation sites (tertiary alicyclic amines) is 1. The molecule has 0 spiro atoms. The number of nitrogens with zero attached hydrogens (tertiary/aromatic N) is 2. The van der Waals surface area contributed by atoms with Gasteiger partial charge in [-0.3, -0.25) is 4.90 Å². The number of piperidine rings is 1. The molecule has 16 heavy (non-hydrogen) atoms. The topological polar surface area (TPSA) is 28.2 Å². The smallest absolute Gasteiger partial charge is 0.107 e. The molecule has 1 aromatic heterocycles. The summed E-state index contributed by atoms with van der Waals surface area (Å²) < 4.78 is 0. The maximum atomic E-state index is 4.54. The van der Waals surface area contributed by atoms with E-state index in [1.807, 2.05) is 0 Å². The van der Waals surface area contributed by atoms with E-state index in [0.29, 0.717) is 12.1 Å². The Bertz CT molecular complexity index is 337. The van der Waals surface area contributed by atoms with Crippen LogP contribution in [0.4, 0.5) is 0 Å². The first-order valence-corrected chi connectivity index (χ1v) is 6.89. The lowest BCUT2D eigenvalue weighted by Gasteiger charge is -2.37. The molecule has 1 N–H and O–H groups in total. The average Bonchev–Trinajstić information content (AvgIpc) is 2.67. The first kappa shape index (κ1) is 12.0. The molecule has 2 atom stereocenters. The van der Waals surface area contributed by atoms with E-state index in [4.69, 9.17) is 0 Å². The monoisotopic (exact) mass is 239 g/mol. The predicted molar refractivity (Wildman–Crippen MR) is 68.8 cm³/mol. The quantitative estimate of drug-likeness (QED) is 0.875. The van der Waals surface area contributed by atoms with E-state index in [1.165, 1.54) is 24.4 Å². The van der Waals surface area contributed by atoms with Crippen LogP contribution in [0.3, 0.4) is 0 Å². The fraction of sp³-hybridized carbons (Fsp3) is 0.750. The van der Waals surface area contributed by atoms with Gasteiger partial charge in [0.15, 0.2) is 0 Å². The minimum atomic E-state index is 0.662. The van der Waals surface area contributed by atoms with Crippen LogP contribution >= 0.6 is 11.3 Å². The number of nitrogens with one attached hydrogen (secondary N) is 1. The van der Waals surface area contributed by atoms with Crippen molar-refractivity contribution in [2.24, 2.45) is 0 Å². The van der Waals surface area contributed by atoms with Crippen LogP contribution in [-0.2, 0) is 6.54 Å². The normalized spacial score (nSPS) is 27.2. The van der Waals surface area contributed by atoms with Gasteiger partial charge in [0.25, 0.3) is 0 Å². The van der Waals surface area contributed by atoms with Crippen LogP contribution in [0.2, 0.25) is 0 Å². The van der Waals surface area contributed by atoms with E-state index in [-0.39, 0.29) is 0 Å². The number of thiazole rings is 1. The molecule has 1 saturated heterocycles. The van der Waals surface area contributed by atoms with Crippen molar-refractivity contribution < 1.29 is 0 Å². The summed E-state index contributed by atoms with van der Waals surface area (Å²) in [6, 6.07) is 1.36. The molecule has 0 aromatic carbocycles. The van der Waals surface area contributed by atoms with Gasteiger partial charge in [0.1, 0.15) is 5.01 Å². The number of rotatable bonds is 3. The van der Waals surface area contributed by atoms with Gasteiger partial charge >= 0.3 is 0 Å². The second-order valence-electron chi connectivity index (χ2n) is 4.71. The van der Waals surface area contributed by atoms with Gasteiger partial charge in [0.05, 0.1) is 6.54 Å². The highest BCUT2D eigenvalue weighted by Crippen LogP contribution is 2.20. The molecule has 2 rings (SSSR count). The van der Waals surface area contributed by atoms with Gasteiger partial charge in [0.2, 0.25) is 0 Å². The molecule has 3 nitrogen and oxygen atoms in total. The fourth-order valence-electron chi connectivity index (χ4n) is 2.37. The van der Waals surface area contributed by atoms with E-state index >= 15 is 0 Å². The van der Waals surface area contributed by atoms with Crippen molar-refractivity contribution >= 4 is 11.3 Å². The van der Waals surface area contributed by atoms with E-state index < -0.39 is 0 Å². The average molecular weight is 239 g/mol. The summed E-state index contributed by atoms with van der Waals surface area (Å²) in [5.74, 6) is 0. The molecule has 1 fully saturated rings. The molecule has 2 heterocycles. The Kier molecular flexibility index (Phi) is 3.95. The molecule has 0 aliphatic carbocycles. The SMILES string of the molecule is CNC1CCN(Cc2nc(C)cs2)C(C)C1. The molecule has 0 radical (unpaired) electrons. The molecule has 0 saturated carbocycles. The Balaban J connectivity index is 1.91. The molecule has 0 bridgehead atoms. The van der Waals surface area contributed by atoms with Gasteiger partial charge in [-0.15, -0.1) is 11.3 Å². The molecule has 1 aromatic rings. The largest absolute Gasteiger partial charge is 0.317 e. The van der Waals surface area contributed by atoms with Gasteiger partial charge in [-0.2, -0.15) is 0 Å². The summed E-state index contributed by atoms with van der Waals surface area (Å²) in [5.41, 5.74) is 1.15. The highest BCUT2D eigenvalue weighted by molar-refractivity contribution is 7.09. The number of hydrogen-bond acceptors (Lipinski definition) is 4. The van der Waals surface area contributed by atoms with E-state index in [0.717, 1.165) is 12.2 Å². The fourth-order valence-corrected chi connectivity index (χ4v) is 3.16. The molecule has 4 heteroatoms. The van der Waals surface area contributed by atoms with Gasteiger partial charge in [-0.05, 0) is 33.7 Å². The van der Waals surface area contributed by atoms with Crippen molar-refractivity contribution in [2.45, 2.75) is 45.3 Å². The zero-order valence-corrected chi connectivity index (χ0v) is 11.2. The van der Waals surface area contributed by atoms with Gasteiger partial charge in [-0.1, -0.05) is 0 Å². The standard InChI is InChI=1S/C12H21N3S/c1-9-8-16-12(14-9)7-15-5-4-11(13-3)6-10(15)2/h8,10-11,13H,4-7H2,1-3H3. The van der Waals surface area contributed by atoms with Crippen LogP contribution in [0.25, 0.3) is 0 Å². The highest BCUT2D eigenvalue weighted by atomic mass is 32.1.